The largest absolute Gasteiger partial charge is 0.493 e. The van der Waals surface area contributed by atoms with E-state index in [1.165, 1.54) is 0 Å². The van der Waals surface area contributed by atoms with Gasteiger partial charge in [-0.2, -0.15) is 0 Å². The molecule has 0 amide bonds. The van der Waals surface area contributed by atoms with Gasteiger partial charge in [0, 0.05) is 0 Å². The van der Waals surface area contributed by atoms with E-state index in [9.17, 15) is 18.9 Å². The molecule has 0 aliphatic carbocycles. The van der Waals surface area contributed by atoms with E-state index in [0.717, 1.165) is 7.11 Å². The Balaban J connectivity index is 3.39. The van der Waals surface area contributed by atoms with Gasteiger partial charge in [-0.25, -0.2) is 13.8 Å². The second-order valence-corrected chi connectivity index (χ2v) is 2.81. The number of aromatic nitrogens is 1. The second-order valence-electron chi connectivity index (χ2n) is 2.43. The van der Waals surface area contributed by atoms with Crippen molar-refractivity contribution in [3.63, 3.8) is 0 Å². The zero-order valence-corrected chi connectivity index (χ0v) is 8.16. The molecule has 1 aromatic heterocycles. The van der Waals surface area contributed by atoms with Gasteiger partial charge in [-0.05, 0) is 0 Å². The number of methoxy groups -OCH3 is 1. The van der Waals surface area contributed by atoms with Crippen molar-refractivity contribution in [3.8, 4) is 5.75 Å². The van der Waals surface area contributed by atoms with E-state index in [2.05, 4.69) is 9.72 Å². The number of nitrogens with zero attached hydrogens (tertiary/aromatic N) is 2. The molecule has 0 fully saturated rings. The summed E-state index contributed by atoms with van der Waals surface area (Å²) in [6, 6.07) is 0. The first-order valence-electron chi connectivity index (χ1n) is 3.64. The summed E-state index contributed by atoms with van der Waals surface area (Å²) in [5, 5.41) is 9.93. The third-order valence-electron chi connectivity index (χ3n) is 1.59. The number of nitro groups is 1. The maximum atomic E-state index is 12.4. The Labute approximate surface area is 87.8 Å². The van der Waals surface area contributed by atoms with Crippen molar-refractivity contribution in [2.45, 2.75) is 6.43 Å². The molecule has 0 aliphatic rings. The maximum Gasteiger partial charge on any atom is 0.309 e. The lowest BCUT2D eigenvalue weighted by atomic mass is 10.3. The van der Waals surface area contributed by atoms with Gasteiger partial charge in [-0.1, -0.05) is 11.6 Å². The number of hydrogen-bond donors (Lipinski definition) is 0. The highest BCUT2D eigenvalue weighted by atomic mass is 35.5. The molecule has 0 spiro atoms. The lowest BCUT2D eigenvalue weighted by molar-refractivity contribution is -0.385. The lowest BCUT2D eigenvalue weighted by Gasteiger charge is -2.07. The molecule has 82 valence electrons. The normalized spacial score (nSPS) is 10.5. The van der Waals surface area contributed by atoms with Crippen molar-refractivity contribution in [2.24, 2.45) is 0 Å². The number of rotatable bonds is 3. The van der Waals surface area contributed by atoms with Crippen molar-refractivity contribution in [1.29, 1.82) is 0 Å². The van der Waals surface area contributed by atoms with Gasteiger partial charge < -0.3 is 4.74 Å². The van der Waals surface area contributed by atoms with Crippen LogP contribution in [-0.2, 0) is 0 Å². The monoisotopic (exact) mass is 238 g/mol. The summed E-state index contributed by atoms with van der Waals surface area (Å²) < 4.78 is 29.3. The topological polar surface area (TPSA) is 65.3 Å². The second kappa shape index (κ2) is 4.35. The van der Waals surface area contributed by atoms with Gasteiger partial charge in [-0.3, -0.25) is 10.1 Å². The van der Waals surface area contributed by atoms with E-state index in [-0.39, 0.29) is 0 Å². The van der Waals surface area contributed by atoms with Crippen LogP contribution >= 0.6 is 11.6 Å². The standard InChI is InChI=1S/C7H5ClF2N2O3/c1-15-6-4(8)3(12(13)14)2-11-5(6)7(9)10/h2,7H,1H3. The van der Waals surface area contributed by atoms with Crippen molar-refractivity contribution in [1.82, 2.24) is 4.98 Å². The molecule has 1 aromatic rings. The molecule has 0 saturated carbocycles. The number of hydrogen-bond acceptors (Lipinski definition) is 4. The van der Waals surface area contributed by atoms with E-state index in [1.807, 2.05) is 0 Å². The smallest absolute Gasteiger partial charge is 0.309 e. The molecule has 0 bridgehead atoms. The predicted octanol–water partition coefficient (Wildman–Crippen LogP) is 2.59. The molecule has 15 heavy (non-hydrogen) atoms. The van der Waals surface area contributed by atoms with Crippen LogP contribution in [0.2, 0.25) is 5.02 Å². The van der Waals surface area contributed by atoms with Crippen LogP contribution < -0.4 is 4.74 Å². The third kappa shape index (κ3) is 2.12. The predicted molar refractivity (Wildman–Crippen MR) is 47.4 cm³/mol. The highest BCUT2D eigenvalue weighted by Gasteiger charge is 2.25. The maximum absolute atomic E-state index is 12.4. The summed E-state index contributed by atoms with van der Waals surface area (Å²) in [4.78, 5) is 12.8. The molecule has 0 N–H and O–H groups in total. The van der Waals surface area contributed by atoms with Crippen molar-refractivity contribution >= 4 is 17.3 Å². The average Bonchev–Trinajstić information content (AvgIpc) is 2.16. The first-order chi connectivity index (χ1) is 6.99. The highest BCUT2D eigenvalue weighted by Crippen LogP contribution is 2.38. The van der Waals surface area contributed by atoms with E-state index < -0.39 is 33.5 Å². The molecule has 1 heterocycles. The molecular weight excluding hydrogens is 234 g/mol. The molecule has 0 radical (unpaired) electrons. The van der Waals surface area contributed by atoms with E-state index in [1.54, 1.807) is 0 Å². The minimum atomic E-state index is -2.90. The fraction of sp³-hybridized carbons (Fsp3) is 0.286. The van der Waals surface area contributed by atoms with Crippen molar-refractivity contribution < 1.29 is 18.4 Å². The third-order valence-corrected chi connectivity index (χ3v) is 1.96. The lowest BCUT2D eigenvalue weighted by Crippen LogP contribution is -2.00. The number of ether oxygens (including phenoxy) is 1. The van der Waals surface area contributed by atoms with E-state index in [4.69, 9.17) is 11.6 Å². The molecule has 0 saturated heterocycles. The summed E-state index contributed by atoms with van der Waals surface area (Å²) in [5.41, 5.74) is -1.29. The van der Waals surface area contributed by atoms with Crippen molar-refractivity contribution in [3.05, 3.63) is 27.0 Å². The molecule has 0 aliphatic heterocycles. The first kappa shape index (κ1) is 11.6. The SMILES string of the molecule is COc1c(C(F)F)ncc([N+](=O)[O-])c1Cl. The Bertz CT molecular complexity index is 400. The van der Waals surface area contributed by atoms with Crippen molar-refractivity contribution in [2.75, 3.05) is 7.11 Å². The van der Waals surface area contributed by atoms with Crippen LogP contribution in [0.3, 0.4) is 0 Å². The number of halogens is 3. The first-order valence-corrected chi connectivity index (χ1v) is 4.01. The molecule has 0 unspecified atom stereocenters. The molecule has 0 aromatic carbocycles. The summed E-state index contributed by atoms with van der Waals surface area (Å²) in [6.07, 6.45) is -2.23. The van der Waals surface area contributed by atoms with Crippen LogP contribution in [0.5, 0.6) is 5.75 Å². The van der Waals surface area contributed by atoms with Crippen LogP contribution in [-0.4, -0.2) is 17.0 Å². The van der Waals surface area contributed by atoms with E-state index in [0.29, 0.717) is 6.20 Å². The summed E-state index contributed by atoms with van der Waals surface area (Å²) in [7, 11) is 1.08. The van der Waals surface area contributed by atoms with Gasteiger partial charge in [0.1, 0.15) is 6.20 Å². The van der Waals surface area contributed by atoms with E-state index >= 15 is 0 Å². The molecule has 0 atom stereocenters. The molecule has 1 rings (SSSR count). The Morgan fingerprint density at radius 1 is 1.67 bits per heavy atom. The number of alkyl halides is 2. The summed E-state index contributed by atoms with van der Waals surface area (Å²) >= 11 is 5.51. The molecular formula is C7H5ClF2N2O3. The van der Waals surface area contributed by atoms with Gasteiger partial charge in [0.05, 0.1) is 12.0 Å². The Hall–Kier alpha value is -1.50. The van der Waals surface area contributed by atoms with Crippen LogP contribution in [0.4, 0.5) is 14.5 Å². The van der Waals surface area contributed by atoms with Crippen LogP contribution in [0, 0.1) is 10.1 Å². The fourth-order valence-electron chi connectivity index (χ4n) is 0.952. The highest BCUT2D eigenvalue weighted by molar-refractivity contribution is 6.34. The summed E-state index contributed by atoms with van der Waals surface area (Å²) in [5.74, 6) is -0.471. The van der Waals surface area contributed by atoms with Crippen LogP contribution in [0.1, 0.15) is 12.1 Å². The molecule has 8 heteroatoms. The minimum Gasteiger partial charge on any atom is -0.493 e. The molecule has 5 nitrogen and oxygen atoms in total. The van der Waals surface area contributed by atoms with Crippen LogP contribution in [0.25, 0.3) is 0 Å². The average molecular weight is 239 g/mol. The van der Waals surface area contributed by atoms with Gasteiger partial charge in [0.2, 0.25) is 0 Å². The summed E-state index contributed by atoms with van der Waals surface area (Å²) in [6.45, 7) is 0. The quantitative estimate of drug-likeness (QED) is 0.600. The van der Waals surface area contributed by atoms with Gasteiger partial charge in [0.25, 0.3) is 6.43 Å². The number of pyridine rings is 1. The minimum absolute atomic E-state index is 0.471. The Kier molecular flexibility index (Phi) is 3.35. The Morgan fingerprint density at radius 3 is 2.67 bits per heavy atom. The van der Waals surface area contributed by atoms with Gasteiger partial charge >= 0.3 is 5.69 Å². The van der Waals surface area contributed by atoms with Gasteiger partial charge in [0.15, 0.2) is 16.5 Å². The van der Waals surface area contributed by atoms with Gasteiger partial charge in [-0.15, -0.1) is 0 Å². The van der Waals surface area contributed by atoms with Crippen LogP contribution in [0.15, 0.2) is 6.20 Å². The zero-order chi connectivity index (χ0) is 11.6. The zero-order valence-electron chi connectivity index (χ0n) is 7.41. The Morgan fingerprint density at radius 2 is 2.27 bits per heavy atom. The fourth-order valence-corrected chi connectivity index (χ4v) is 1.24.